The van der Waals surface area contributed by atoms with Crippen molar-refractivity contribution in [2.45, 2.75) is 25.8 Å². The number of nitrogens with one attached hydrogen (secondary N) is 1. The molecule has 1 atom stereocenters. The standard InChI is InChI=1S/C14H18N2/c1-3-6-13(15-2)12-9-4-7-11-8-5-10-16-14(11)12/h4-5,7-10,13,15H,3,6H2,1-2H3. The number of benzene rings is 1. The van der Waals surface area contributed by atoms with Crippen molar-refractivity contribution in [1.29, 1.82) is 0 Å². The summed E-state index contributed by atoms with van der Waals surface area (Å²) < 4.78 is 0. The Morgan fingerprint density at radius 2 is 2.06 bits per heavy atom. The van der Waals surface area contributed by atoms with E-state index < -0.39 is 0 Å². The highest BCUT2D eigenvalue weighted by Crippen LogP contribution is 2.24. The summed E-state index contributed by atoms with van der Waals surface area (Å²) in [4.78, 5) is 4.49. The second-order valence-corrected chi connectivity index (χ2v) is 4.05. The molecule has 0 spiro atoms. The number of hydrogen-bond acceptors (Lipinski definition) is 2. The van der Waals surface area contributed by atoms with Crippen LogP contribution in [-0.4, -0.2) is 12.0 Å². The van der Waals surface area contributed by atoms with E-state index in [4.69, 9.17) is 0 Å². The molecule has 0 radical (unpaired) electrons. The van der Waals surface area contributed by atoms with E-state index >= 15 is 0 Å². The molecule has 84 valence electrons. The molecule has 0 bridgehead atoms. The summed E-state index contributed by atoms with van der Waals surface area (Å²) in [6, 6.07) is 10.9. The summed E-state index contributed by atoms with van der Waals surface area (Å²) in [6.07, 6.45) is 4.19. The van der Waals surface area contributed by atoms with Crippen LogP contribution in [0.25, 0.3) is 10.9 Å². The molecule has 0 aliphatic heterocycles. The van der Waals surface area contributed by atoms with E-state index in [-0.39, 0.29) is 0 Å². The molecule has 1 heterocycles. The van der Waals surface area contributed by atoms with Crippen LogP contribution in [0.5, 0.6) is 0 Å². The summed E-state index contributed by atoms with van der Waals surface area (Å²) in [7, 11) is 2.02. The third-order valence-corrected chi connectivity index (χ3v) is 2.97. The Labute approximate surface area is 96.7 Å². The lowest BCUT2D eigenvalue weighted by Crippen LogP contribution is -2.16. The molecule has 16 heavy (non-hydrogen) atoms. The topological polar surface area (TPSA) is 24.9 Å². The van der Waals surface area contributed by atoms with Crippen molar-refractivity contribution in [2.75, 3.05) is 7.05 Å². The first-order valence-corrected chi connectivity index (χ1v) is 5.87. The molecule has 2 heteroatoms. The van der Waals surface area contributed by atoms with E-state index in [9.17, 15) is 0 Å². The Morgan fingerprint density at radius 1 is 1.25 bits per heavy atom. The van der Waals surface area contributed by atoms with Gasteiger partial charge in [0.25, 0.3) is 0 Å². The van der Waals surface area contributed by atoms with E-state index in [2.05, 4.69) is 41.5 Å². The summed E-state index contributed by atoms with van der Waals surface area (Å²) in [5.74, 6) is 0. The number of fused-ring (bicyclic) bond motifs is 1. The van der Waals surface area contributed by atoms with Gasteiger partial charge in [-0.2, -0.15) is 0 Å². The van der Waals surface area contributed by atoms with Gasteiger partial charge in [-0.3, -0.25) is 4.98 Å². The van der Waals surface area contributed by atoms with Crippen molar-refractivity contribution in [3.8, 4) is 0 Å². The van der Waals surface area contributed by atoms with E-state index in [1.165, 1.54) is 17.4 Å². The first kappa shape index (κ1) is 11.1. The predicted octanol–water partition coefficient (Wildman–Crippen LogP) is 3.30. The van der Waals surface area contributed by atoms with Crippen LogP contribution >= 0.6 is 0 Å². The van der Waals surface area contributed by atoms with Crippen LogP contribution in [0.3, 0.4) is 0 Å². The Balaban J connectivity index is 2.50. The smallest absolute Gasteiger partial charge is 0.0749 e. The van der Waals surface area contributed by atoms with Gasteiger partial charge in [-0.1, -0.05) is 37.6 Å². The zero-order chi connectivity index (χ0) is 11.4. The minimum absolute atomic E-state index is 0.406. The summed E-state index contributed by atoms with van der Waals surface area (Å²) in [6.45, 7) is 2.21. The molecule has 2 rings (SSSR count). The van der Waals surface area contributed by atoms with Gasteiger partial charge in [-0.25, -0.2) is 0 Å². The second-order valence-electron chi connectivity index (χ2n) is 4.05. The monoisotopic (exact) mass is 214 g/mol. The zero-order valence-electron chi connectivity index (χ0n) is 9.90. The van der Waals surface area contributed by atoms with Gasteiger partial charge in [0.1, 0.15) is 0 Å². The maximum atomic E-state index is 4.49. The molecule has 1 aromatic carbocycles. The van der Waals surface area contributed by atoms with Crippen molar-refractivity contribution >= 4 is 10.9 Å². The highest BCUT2D eigenvalue weighted by Gasteiger charge is 2.11. The van der Waals surface area contributed by atoms with Gasteiger partial charge in [0.2, 0.25) is 0 Å². The van der Waals surface area contributed by atoms with E-state index in [0.717, 1.165) is 11.9 Å². The average molecular weight is 214 g/mol. The fraction of sp³-hybridized carbons (Fsp3) is 0.357. The largest absolute Gasteiger partial charge is 0.313 e. The van der Waals surface area contributed by atoms with E-state index in [1.54, 1.807) is 0 Å². The normalized spacial score (nSPS) is 12.9. The molecular formula is C14H18N2. The lowest BCUT2D eigenvalue weighted by molar-refractivity contribution is 0.544. The van der Waals surface area contributed by atoms with Gasteiger partial charge in [-0.15, -0.1) is 0 Å². The Bertz CT molecular complexity index is 460. The van der Waals surface area contributed by atoms with Crippen LogP contribution in [0.2, 0.25) is 0 Å². The van der Waals surface area contributed by atoms with Crippen molar-refractivity contribution in [3.63, 3.8) is 0 Å². The Morgan fingerprint density at radius 3 is 2.81 bits per heavy atom. The minimum Gasteiger partial charge on any atom is -0.313 e. The molecule has 1 N–H and O–H groups in total. The fourth-order valence-electron chi connectivity index (χ4n) is 2.15. The quantitative estimate of drug-likeness (QED) is 0.844. The van der Waals surface area contributed by atoms with Gasteiger partial charge in [0.05, 0.1) is 5.52 Å². The number of pyridine rings is 1. The number of para-hydroxylation sites is 1. The van der Waals surface area contributed by atoms with Gasteiger partial charge < -0.3 is 5.32 Å². The Hall–Kier alpha value is -1.41. The first-order valence-electron chi connectivity index (χ1n) is 5.87. The molecule has 1 aromatic heterocycles. The molecule has 0 aliphatic rings. The molecule has 0 fully saturated rings. The van der Waals surface area contributed by atoms with Crippen LogP contribution in [0.4, 0.5) is 0 Å². The minimum atomic E-state index is 0.406. The van der Waals surface area contributed by atoms with Crippen molar-refractivity contribution in [3.05, 3.63) is 42.1 Å². The third kappa shape index (κ3) is 2.07. The van der Waals surface area contributed by atoms with E-state index in [0.29, 0.717) is 6.04 Å². The lowest BCUT2D eigenvalue weighted by atomic mass is 9.99. The molecule has 2 nitrogen and oxygen atoms in total. The fourth-order valence-corrected chi connectivity index (χ4v) is 2.15. The highest BCUT2D eigenvalue weighted by molar-refractivity contribution is 5.81. The van der Waals surface area contributed by atoms with Crippen molar-refractivity contribution in [2.24, 2.45) is 0 Å². The highest BCUT2D eigenvalue weighted by atomic mass is 14.9. The van der Waals surface area contributed by atoms with Crippen LogP contribution in [0.1, 0.15) is 31.4 Å². The number of aromatic nitrogens is 1. The van der Waals surface area contributed by atoms with Gasteiger partial charge in [0.15, 0.2) is 0 Å². The van der Waals surface area contributed by atoms with Crippen LogP contribution < -0.4 is 5.32 Å². The number of hydrogen-bond donors (Lipinski definition) is 1. The van der Waals surface area contributed by atoms with Crippen LogP contribution in [-0.2, 0) is 0 Å². The molecule has 2 aromatic rings. The van der Waals surface area contributed by atoms with Gasteiger partial charge in [0, 0.05) is 17.6 Å². The lowest BCUT2D eigenvalue weighted by Gasteiger charge is -2.17. The molecule has 0 amide bonds. The van der Waals surface area contributed by atoms with Gasteiger partial charge in [-0.05, 0) is 25.1 Å². The van der Waals surface area contributed by atoms with Crippen molar-refractivity contribution in [1.82, 2.24) is 10.3 Å². The molecular weight excluding hydrogens is 196 g/mol. The number of rotatable bonds is 4. The molecule has 0 saturated carbocycles. The SMILES string of the molecule is CCCC(NC)c1cccc2cccnc12. The van der Waals surface area contributed by atoms with Gasteiger partial charge >= 0.3 is 0 Å². The summed E-state index contributed by atoms with van der Waals surface area (Å²) in [5, 5.41) is 4.59. The zero-order valence-corrected chi connectivity index (χ0v) is 9.90. The second kappa shape index (κ2) is 5.08. The molecule has 0 saturated heterocycles. The number of nitrogens with zero attached hydrogens (tertiary/aromatic N) is 1. The summed E-state index contributed by atoms with van der Waals surface area (Å²) >= 11 is 0. The first-order chi connectivity index (χ1) is 7.86. The average Bonchev–Trinajstić information content (AvgIpc) is 2.35. The van der Waals surface area contributed by atoms with Crippen molar-refractivity contribution < 1.29 is 0 Å². The third-order valence-electron chi connectivity index (χ3n) is 2.97. The summed E-state index contributed by atoms with van der Waals surface area (Å²) in [5.41, 5.74) is 2.43. The maximum absolute atomic E-state index is 4.49. The maximum Gasteiger partial charge on any atom is 0.0749 e. The van der Waals surface area contributed by atoms with Crippen LogP contribution in [0.15, 0.2) is 36.5 Å². The molecule has 0 aliphatic carbocycles. The molecule has 1 unspecified atom stereocenters. The van der Waals surface area contributed by atoms with E-state index in [1.807, 2.05) is 19.3 Å². The predicted molar refractivity (Wildman–Crippen MR) is 68.5 cm³/mol. The van der Waals surface area contributed by atoms with Crippen LogP contribution in [0, 0.1) is 0 Å². The Kier molecular flexibility index (Phi) is 3.52.